The molecule has 5 atom stereocenters. The molecule has 170 valence electrons. The van der Waals surface area contributed by atoms with Crippen LogP contribution >= 0.6 is 0 Å². The van der Waals surface area contributed by atoms with E-state index in [1.807, 2.05) is 0 Å². The number of hydrogen-bond donors (Lipinski definition) is 7. The fraction of sp³-hybridized carbons (Fsp3) is 0.286. The van der Waals surface area contributed by atoms with E-state index in [0.717, 1.165) is 18.2 Å². The summed E-state index contributed by atoms with van der Waals surface area (Å²) in [6.07, 6.45) is -5.68. The Balaban J connectivity index is 1.78. The van der Waals surface area contributed by atoms with Crippen LogP contribution in [0.25, 0.3) is 22.3 Å². The minimum absolute atomic E-state index is 0.0691. The predicted octanol–water partition coefficient (Wildman–Crippen LogP) is 0.694. The monoisotopic (exact) mass is 448 g/mol. The topological polar surface area (TPSA) is 190 Å². The van der Waals surface area contributed by atoms with E-state index in [4.69, 9.17) is 13.9 Å². The first-order valence-corrected chi connectivity index (χ1v) is 9.50. The molecule has 5 unspecified atom stereocenters. The van der Waals surface area contributed by atoms with Crippen LogP contribution in [0.1, 0.15) is 6.92 Å². The van der Waals surface area contributed by atoms with Crippen molar-refractivity contribution < 1.29 is 49.6 Å². The van der Waals surface area contributed by atoms with Crippen LogP contribution in [0, 0.1) is 5.92 Å². The highest BCUT2D eigenvalue weighted by atomic mass is 16.7. The van der Waals surface area contributed by atoms with Crippen molar-refractivity contribution >= 4 is 11.0 Å². The molecule has 0 radical (unpaired) electrons. The molecule has 0 amide bonds. The zero-order valence-electron chi connectivity index (χ0n) is 16.5. The third-order valence-electron chi connectivity index (χ3n) is 5.34. The van der Waals surface area contributed by atoms with Crippen LogP contribution in [-0.2, 0) is 4.74 Å². The Morgan fingerprint density at radius 2 is 1.62 bits per heavy atom. The van der Waals surface area contributed by atoms with Gasteiger partial charge in [0.2, 0.25) is 17.5 Å². The summed E-state index contributed by atoms with van der Waals surface area (Å²) in [7, 11) is 0. The van der Waals surface area contributed by atoms with Crippen LogP contribution in [0.15, 0.2) is 39.5 Å². The maximum atomic E-state index is 12.6. The Morgan fingerprint density at radius 1 is 0.906 bits per heavy atom. The molecule has 0 saturated carbocycles. The molecule has 1 aromatic heterocycles. The minimum atomic E-state index is -1.61. The SMILES string of the molecule is CC1C(O)C(O)OC(Oc2cc(O)c3c(=O)c(O)c(-c4ccc(O)c(O)c4)oc3c2)C1O. The predicted molar refractivity (Wildman–Crippen MR) is 107 cm³/mol. The van der Waals surface area contributed by atoms with E-state index in [-0.39, 0.29) is 28.0 Å². The van der Waals surface area contributed by atoms with Gasteiger partial charge in [0.05, 0.1) is 0 Å². The van der Waals surface area contributed by atoms with Gasteiger partial charge in [0.1, 0.15) is 34.7 Å². The summed E-state index contributed by atoms with van der Waals surface area (Å²) in [5, 5.41) is 69.2. The number of aliphatic hydroxyl groups excluding tert-OH is 3. The molecule has 1 aliphatic rings. The van der Waals surface area contributed by atoms with E-state index >= 15 is 0 Å². The van der Waals surface area contributed by atoms with Gasteiger partial charge in [-0.05, 0) is 18.2 Å². The number of phenolic OH excluding ortho intramolecular Hbond substituents is 3. The number of fused-ring (bicyclic) bond motifs is 1. The number of aromatic hydroxyl groups is 4. The Morgan fingerprint density at radius 3 is 2.31 bits per heavy atom. The second-order valence-corrected chi connectivity index (χ2v) is 7.48. The maximum Gasteiger partial charge on any atom is 0.238 e. The van der Waals surface area contributed by atoms with Gasteiger partial charge in [0, 0.05) is 23.6 Å². The Kier molecular flexibility index (Phi) is 5.34. The zero-order valence-corrected chi connectivity index (χ0v) is 16.5. The van der Waals surface area contributed by atoms with Crippen molar-refractivity contribution in [3.63, 3.8) is 0 Å². The van der Waals surface area contributed by atoms with Gasteiger partial charge in [-0.15, -0.1) is 0 Å². The minimum Gasteiger partial charge on any atom is -0.507 e. The lowest BCUT2D eigenvalue weighted by atomic mass is 9.94. The van der Waals surface area contributed by atoms with Crippen molar-refractivity contribution in [2.45, 2.75) is 31.7 Å². The molecule has 2 aromatic carbocycles. The van der Waals surface area contributed by atoms with Gasteiger partial charge in [-0.3, -0.25) is 4.79 Å². The first kappa shape index (κ1) is 21.7. The third-order valence-corrected chi connectivity index (χ3v) is 5.34. The fourth-order valence-electron chi connectivity index (χ4n) is 3.43. The highest BCUT2D eigenvalue weighted by molar-refractivity contribution is 5.88. The molecular weight excluding hydrogens is 428 g/mol. The number of ether oxygens (including phenoxy) is 2. The van der Waals surface area contributed by atoms with Crippen molar-refractivity contribution in [3.05, 3.63) is 40.6 Å². The largest absolute Gasteiger partial charge is 0.507 e. The molecule has 11 heteroatoms. The van der Waals surface area contributed by atoms with Crippen LogP contribution in [0.3, 0.4) is 0 Å². The van der Waals surface area contributed by atoms with E-state index in [2.05, 4.69) is 0 Å². The average molecular weight is 448 g/mol. The van der Waals surface area contributed by atoms with Gasteiger partial charge in [0.25, 0.3) is 0 Å². The Labute approximate surface area is 179 Å². The van der Waals surface area contributed by atoms with Crippen LogP contribution in [-0.4, -0.2) is 60.5 Å². The summed E-state index contributed by atoms with van der Waals surface area (Å²) in [5.41, 5.74) is -1.09. The van der Waals surface area contributed by atoms with Gasteiger partial charge in [-0.2, -0.15) is 0 Å². The quantitative estimate of drug-likeness (QED) is 0.279. The first-order valence-electron chi connectivity index (χ1n) is 9.50. The average Bonchev–Trinajstić information content (AvgIpc) is 2.74. The normalized spacial score (nSPS) is 25.7. The van der Waals surface area contributed by atoms with Crippen molar-refractivity contribution in [2.24, 2.45) is 5.92 Å². The van der Waals surface area contributed by atoms with Gasteiger partial charge < -0.3 is 49.6 Å². The molecule has 3 aromatic rings. The Hall–Kier alpha value is -3.51. The summed E-state index contributed by atoms with van der Waals surface area (Å²) in [4.78, 5) is 12.6. The van der Waals surface area contributed by atoms with Crippen LogP contribution in [0.4, 0.5) is 0 Å². The third kappa shape index (κ3) is 3.56. The summed E-state index contributed by atoms with van der Waals surface area (Å²) >= 11 is 0. The lowest BCUT2D eigenvalue weighted by Gasteiger charge is -2.38. The number of aliphatic hydroxyl groups is 3. The lowest BCUT2D eigenvalue weighted by Crippen LogP contribution is -2.55. The molecule has 1 aliphatic heterocycles. The number of phenols is 3. The second-order valence-electron chi connectivity index (χ2n) is 7.48. The van der Waals surface area contributed by atoms with Gasteiger partial charge in [0.15, 0.2) is 23.5 Å². The highest BCUT2D eigenvalue weighted by Crippen LogP contribution is 2.38. The summed E-state index contributed by atoms with van der Waals surface area (Å²) in [6, 6.07) is 5.72. The van der Waals surface area contributed by atoms with Crippen molar-refractivity contribution in [1.29, 1.82) is 0 Å². The Bertz CT molecular complexity index is 1230. The van der Waals surface area contributed by atoms with Crippen LogP contribution in [0.2, 0.25) is 0 Å². The molecule has 11 nitrogen and oxygen atoms in total. The molecule has 4 rings (SSSR count). The number of hydrogen-bond acceptors (Lipinski definition) is 11. The van der Waals surface area contributed by atoms with Crippen LogP contribution < -0.4 is 10.2 Å². The second kappa shape index (κ2) is 7.88. The van der Waals surface area contributed by atoms with Gasteiger partial charge in [-0.1, -0.05) is 6.92 Å². The zero-order chi connectivity index (χ0) is 23.3. The molecule has 7 N–H and O–H groups in total. The number of rotatable bonds is 3. The fourth-order valence-corrected chi connectivity index (χ4v) is 3.43. The number of benzene rings is 2. The molecule has 0 bridgehead atoms. The van der Waals surface area contributed by atoms with E-state index in [9.17, 15) is 40.5 Å². The van der Waals surface area contributed by atoms with Crippen molar-refractivity contribution in [3.8, 4) is 40.1 Å². The standard InChI is InChI=1S/C21H20O11/c1-7-15(25)20(29)32-21(16(7)26)30-9-5-12(24)14-13(6-9)31-19(18(28)17(14)27)8-2-3-10(22)11(23)4-8/h2-7,15-16,20-26,28-29H,1H3. The van der Waals surface area contributed by atoms with Crippen LogP contribution in [0.5, 0.6) is 28.7 Å². The van der Waals surface area contributed by atoms with E-state index in [1.54, 1.807) is 0 Å². The highest BCUT2D eigenvalue weighted by Gasteiger charge is 2.42. The van der Waals surface area contributed by atoms with E-state index < -0.39 is 59.1 Å². The first-order chi connectivity index (χ1) is 15.1. The molecule has 1 fully saturated rings. The molecule has 0 spiro atoms. The summed E-state index contributed by atoms with van der Waals surface area (Å²) in [6.45, 7) is 1.48. The van der Waals surface area contributed by atoms with Gasteiger partial charge in [-0.25, -0.2) is 0 Å². The van der Waals surface area contributed by atoms with Gasteiger partial charge >= 0.3 is 0 Å². The van der Waals surface area contributed by atoms with E-state index in [1.165, 1.54) is 19.1 Å². The van der Waals surface area contributed by atoms with Crippen molar-refractivity contribution in [2.75, 3.05) is 0 Å². The summed E-state index contributed by atoms with van der Waals surface area (Å²) in [5.74, 6) is -3.59. The molecule has 2 heterocycles. The molecule has 0 aliphatic carbocycles. The molecular formula is C21H20O11. The summed E-state index contributed by atoms with van der Waals surface area (Å²) < 4.78 is 16.1. The van der Waals surface area contributed by atoms with E-state index in [0.29, 0.717) is 0 Å². The molecule has 32 heavy (non-hydrogen) atoms. The smallest absolute Gasteiger partial charge is 0.238 e. The lowest BCUT2D eigenvalue weighted by molar-refractivity contribution is -0.308. The molecule has 1 saturated heterocycles. The van der Waals surface area contributed by atoms with Crippen molar-refractivity contribution in [1.82, 2.24) is 0 Å². The maximum absolute atomic E-state index is 12.6.